The molecule has 0 N–H and O–H groups in total. The highest BCUT2D eigenvalue weighted by molar-refractivity contribution is 7.90. The van der Waals surface area contributed by atoms with Gasteiger partial charge in [-0.15, -0.1) is 11.3 Å². The number of hydrogen-bond acceptors (Lipinski definition) is 5. The molecule has 0 aliphatic heterocycles. The van der Waals surface area contributed by atoms with Gasteiger partial charge in [-0.1, -0.05) is 23.7 Å². The van der Waals surface area contributed by atoms with Crippen LogP contribution in [0.5, 0.6) is 0 Å². The van der Waals surface area contributed by atoms with Crippen molar-refractivity contribution in [3.63, 3.8) is 0 Å². The zero-order chi connectivity index (χ0) is 15.3. The summed E-state index contributed by atoms with van der Waals surface area (Å²) >= 11 is 7.25. The fraction of sp³-hybridized carbons (Fsp3) is 0.286. The Morgan fingerprint density at radius 1 is 1.38 bits per heavy atom. The standard InChI is InChI=1S/C14H13ClN2O2S2/c15-12-5-3-4-11(8-12)13-9-20-14(17-13)10-21(18,19)7-2-1-6-16/h3-5,8-9H,1-2,7,10H2. The van der Waals surface area contributed by atoms with E-state index in [9.17, 15) is 8.42 Å². The summed E-state index contributed by atoms with van der Waals surface area (Å²) in [6.45, 7) is 0. The molecule has 1 aromatic carbocycles. The fourth-order valence-corrected chi connectivity index (χ4v) is 4.55. The monoisotopic (exact) mass is 340 g/mol. The van der Waals surface area contributed by atoms with Gasteiger partial charge in [-0.2, -0.15) is 5.26 Å². The van der Waals surface area contributed by atoms with E-state index >= 15 is 0 Å². The number of hydrogen-bond donors (Lipinski definition) is 0. The first kappa shape index (κ1) is 16.0. The molecule has 0 aliphatic rings. The molecule has 0 radical (unpaired) electrons. The summed E-state index contributed by atoms with van der Waals surface area (Å²) in [5, 5.41) is 11.4. The quantitative estimate of drug-likeness (QED) is 0.752. The lowest BCUT2D eigenvalue weighted by molar-refractivity contribution is 0.593. The van der Waals surface area contributed by atoms with Gasteiger partial charge >= 0.3 is 0 Å². The van der Waals surface area contributed by atoms with Crippen LogP contribution in [-0.4, -0.2) is 19.2 Å². The highest BCUT2D eigenvalue weighted by atomic mass is 35.5. The highest BCUT2D eigenvalue weighted by Crippen LogP contribution is 2.25. The molecule has 4 nitrogen and oxygen atoms in total. The Kier molecular flexibility index (Phi) is 5.34. The van der Waals surface area contributed by atoms with Crippen LogP contribution in [0, 0.1) is 11.3 Å². The molecule has 0 atom stereocenters. The number of halogens is 1. The molecule has 0 fully saturated rings. The van der Waals surface area contributed by atoms with Crippen LogP contribution in [0.25, 0.3) is 11.3 Å². The maximum absolute atomic E-state index is 11.9. The average Bonchev–Trinajstić information content (AvgIpc) is 2.86. The Bertz CT molecular complexity index is 763. The van der Waals surface area contributed by atoms with Crippen molar-refractivity contribution in [2.45, 2.75) is 18.6 Å². The van der Waals surface area contributed by atoms with Crippen molar-refractivity contribution in [2.24, 2.45) is 0 Å². The summed E-state index contributed by atoms with van der Waals surface area (Å²) in [7, 11) is -3.21. The van der Waals surface area contributed by atoms with E-state index in [4.69, 9.17) is 16.9 Å². The van der Waals surface area contributed by atoms with Gasteiger partial charge in [0.05, 0.1) is 17.5 Å². The van der Waals surface area contributed by atoms with Gasteiger partial charge in [0.25, 0.3) is 0 Å². The van der Waals surface area contributed by atoms with Crippen LogP contribution < -0.4 is 0 Å². The number of rotatable bonds is 6. The largest absolute Gasteiger partial charge is 0.240 e. The van der Waals surface area contributed by atoms with E-state index in [1.807, 2.05) is 23.6 Å². The highest BCUT2D eigenvalue weighted by Gasteiger charge is 2.15. The molecule has 0 spiro atoms. The minimum Gasteiger partial charge on any atom is -0.240 e. The SMILES string of the molecule is N#CCCCS(=O)(=O)Cc1nc(-c2cccc(Cl)c2)cs1. The van der Waals surface area contributed by atoms with E-state index in [1.165, 1.54) is 11.3 Å². The van der Waals surface area contributed by atoms with Crippen LogP contribution in [0.1, 0.15) is 17.8 Å². The number of thiazole rings is 1. The summed E-state index contributed by atoms with van der Waals surface area (Å²) in [6, 6.07) is 9.22. The predicted octanol–water partition coefficient (Wildman–Crippen LogP) is 3.68. The maximum Gasteiger partial charge on any atom is 0.156 e. The van der Waals surface area contributed by atoms with Crippen LogP contribution >= 0.6 is 22.9 Å². The molecule has 0 aliphatic carbocycles. The van der Waals surface area contributed by atoms with Gasteiger partial charge < -0.3 is 0 Å². The van der Waals surface area contributed by atoms with Crippen LogP contribution in [0.2, 0.25) is 5.02 Å². The number of benzene rings is 1. The maximum atomic E-state index is 11.9. The Morgan fingerprint density at radius 3 is 2.90 bits per heavy atom. The van der Waals surface area contributed by atoms with Crippen molar-refractivity contribution in [1.29, 1.82) is 5.26 Å². The molecule has 0 saturated carbocycles. The molecule has 1 heterocycles. The first-order valence-electron chi connectivity index (χ1n) is 6.28. The van der Waals surface area contributed by atoms with Crippen LogP contribution in [0.4, 0.5) is 0 Å². The molecule has 2 aromatic rings. The van der Waals surface area contributed by atoms with Crippen molar-refractivity contribution in [3.8, 4) is 17.3 Å². The van der Waals surface area contributed by atoms with Crippen molar-refractivity contribution in [3.05, 3.63) is 39.7 Å². The molecular formula is C14H13ClN2O2S2. The van der Waals surface area contributed by atoms with Crippen LogP contribution in [0.15, 0.2) is 29.6 Å². The molecule has 0 saturated heterocycles. The van der Waals surface area contributed by atoms with Gasteiger partial charge in [-0.05, 0) is 18.6 Å². The molecule has 0 unspecified atom stereocenters. The summed E-state index contributed by atoms with van der Waals surface area (Å²) in [4.78, 5) is 4.35. The number of unbranched alkanes of at least 4 members (excludes halogenated alkanes) is 1. The molecule has 0 bridgehead atoms. The topological polar surface area (TPSA) is 70.8 Å². The molecule has 1 aromatic heterocycles. The van der Waals surface area contributed by atoms with E-state index in [-0.39, 0.29) is 17.9 Å². The lowest BCUT2D eigenvalue weighted by atomic mass is 10.2. The van der Waals surface area contributed by atoms with Crippen molar-refractivity contribution >= 4 is 32.8 Å². The van der Waals surface area contributed by atoms with E-state index in [0.717, 1.165) is 11.3 Å². The Balaban J connectivity index is 2.09. The number of aromatic nitrogens is 1. The third-order valence-corrected chi connectivity index (χ3v) is 5.65. The average molecular weight is 341 g/mol. The smallest absolute Gasteiger partial charge is 0.156 e. The summed E-state index contributed by atoms with van der Waals surface area (Å²) in [5.41, 5.74) is 1.59. The number of sulfone groups is 1. The van der Waals surface area contributed by atoms with Crippen molar-refractivity contribution in [1.82, 2.24) is 4.98 Å². The van der Waals surface area contributed by atoms with Crippen molar-refractivity contribution < 1.29 is 8.42 Å². The molecular weight excluding hydrogens is 328 g/mol. The van der Waals surface area contributed by atoms with Gasteiger partial charge in [0.2, 0.25) is 0 Å². The van der Waals surface area contributed by atoms with Crippen molar-refractivity contribution in [2.75, 3.05) is 5.75 Å². The fourth-order valence-electron chi connectivity index (χ4n) is 1.79. The lowest BCUT2D eigenvalue weighted by Crippen LogP contribution is -2.09. The van der Waals surface area contributed by atoms with Gasteiger partial charge in [0, 0.05) is 22.4 Å². The second kappa shape index (κ2) is 7.03. The van der Waals surface area contributed by atoms with Crippen LogP contribution in [-0.2, 0) is 15.6 Å². The zero-order valence-electron chi connectivity index (χ0n) is 11.1. The Labute approximate surface area is 132 Å². The number of nitrogens with zero attached hydrogens (tertiary/aromatic N) is 2. The number of nitriles is 1. The third-order valence-electron chi connectivity index (χ3n) is 2.76. The minimum absolute atomic E-state index is 0.0205. The first-order chi connectivity index (χ1) is 10.00. The molecule has 2 rings (SSSR count). The van der Waals surface area contributed by atoms with E-state index in [0.29, 0.717) is 16.5 Å². The second-order valence-corrected chi connectivity index (χ2v) is 8.05. The minimum atomic E-state index is -3.21. The summed E-state index contributed by atoms with van der Waals surface area (Å²) in [5.74, 6) is -0.0592. The first-order valence-corrected chi connectivity index (χ1v) is 9.36. The van der Waals surface area contributed by atoms with Gasteiger partial charge in [-0.3, -0.25) is 0 Å². The molecule has 7 heteroatoms. The van der Waals surface area contributed by atoms with Gasteiger partial charge in [-0.25, -0.2) is 13.4 Å². The lowest BCUT2D eigenvalue weighted by Gasteiger charge is -2.00. The third kappa shape index (κ3) is 4.81. The summed E-state index contributed by atoms with van der Waals surface area (Å²) < 4.78 is 23.8. The Morgan fingerprint density at radius 2 is 2.19 bits per heavy atom. The molecule has 0 amide bonds. The van der Waals surface area contributed by atoms with E-state index < -0.39 is 9.84 Å². The van der Waals surface area contributed by atoms with Gasteiger partial charge in [0.15, 0.2) is 9.84 Å². The van der Waals surface area contributed by atoms with E-state index in [2.05, 4.69) is 4.98 Å². The second-order valence-electron chi connectivity index (χ2n) is 4.49. The predicted molar refractivity (Wildman–Crippen MR) is 84.9 cm³/mol. The molecule has 110 valence electrons. The molecule has 21 heavy (non-hydrogen) atoms. The zero-order valence-corrected chi connectivity index (χ0v) is 13.5. The van der Waals surface area contributed by atoms with Crippen LogP contribution in [0.3, 0.4) is 0 Å². The Hall–Kier alpha value is -1.42. The van der Waals surface area contributed by atoms with E-state index in [1.54, 1.807) is 12.1 Å². The summed E-state index contributed by atoms with van der Waals surface area (Å²) in [6.07, 6.45) is 0.621. The normalized spacial score (nSPS) is 11.2. The van der Waals surface area contributed by atoms with Gasteiger partial charge in [0.1, 0.15) is 10.8 Å².